The van der Waals surface area contributed by atoms with Crippen LogP contribution in [-0.2, 0) is 6.54 Å². The van der Waals surface area contributed by atoms with Crippen LogP contribution in [0, 0.1) is 5.92 Å². The minimum absolute atomic E-state index is 0.370. The van der Waals surface area contributed by atoms with Crippen molar-refractivity contribution in [3.63, 3.8) is 0 Å². The van der Waals surface area contributed by atoms with Gasteiger partial charge in [-0.15, -0.1) is 0 Å². The SMILES string of the molecule is CC(C)Cn1c(C(=O)O)cc2ccccc21. The molecule has 0 spiro atoms. The number of benzene rings is 1. The van der Waals surface area contributed by atoms with Crippen LogP contribution in [0.25, 0.3) is 10.9 Å². The zero-order valence-electron chi connectivity index (χ0n) is 9.47. The highest BCUT2D eigenvalue weighted by atomic mass is 16.4. The monoisotopic (exact) mass is 217 g/mol. The van der Waals surface area contributed by atoms with E-state index < -0.39 is 5.97 Å². The van der Waals surface area contributed by atoms with Crippen LogP contribution in [0.15, 0.2) is 30.3 Å². The summed E-state index contributed by atoms with van der Waals surface area (Å²) in [6, 6.07) is 9.50. The molecule has 0 aliphatic rings. The van der Waals surface area contributed by atoms with Crippen molar-refractivity contribution in [2.45, 2.75) is 20.4 Å². The Hall–Kier alpha value is -1.77. The smallest absolute Gasteiger partial charge is 0.352 e. The van der Waals surface area contributed by atoms with Gasteiger partial charge in [0.1, 0.15) is 5.69 Å². The van der Waals surface area contributed by atoms with Crippen LogP contribution in [0.5, 0.6) is 0 Å². The number of nitrogens with zero attached hydrogens (tertiary/aromatic N) is 1. The minimum atomic E-state index is -0.864. The Bertz CT molecular complexity index is 526. The first-order valence-corrected chi connectivity index (χ1v) is 5.41. The van der Waals surface area contributed by atoms with E-state index in [-0.39, 0.29) is 0 Å². The Morgan fingerprint density at radius 2 is 2.06 bits per heavy atom. The number of carbonyl (C=O) groups is 1. The van der Waals surface area contributed by atoms with E-state index in [1.54, 1.807) is 6.07 Å². The van der Waals surface area contributed by atoms with Gasteiger partial charge in [-0.2, -0.15) is 0 Å². The Morgan fingerprint density at radius 3 is 2.69 bits per heavy atom. The standard InChI is InChI=1S/C13H15NO2/c1-9(2)8-14-11-6-4-3-5-10(11)7-12(14)13(15)16/h3-7,9H,8H2,1-2H3,(H,15,16). The molecule has 0 saturated carbocycles. The summed E-state index contributed by atoms with van der Waals surface area (Å²) in [6.45, 7) is 4.90. The number of carboxylic acid groups (broad SMARTS) is 1. The number of para-hydroxylation sites is 1. The fraction of sp³-hybridized carbons (Fsp3) is 0.308. The molecule has 2 rings (SSSR count). The molecule has 16 heavy (non-hydrogen) atoms. The second-order valence-corrected chi connectivity index (χ2v) is 4.40. The highest BCUT2D eigenvalue weighted by Crippen LogP contribution is 2.21. The Labute approximate surface area is 94.3 Å². The molecule has 84 valence electrons. The van der Waals surface area contributed by atoms with Crippen molar-refractivity contribution in [1.29, 1.82) is 0 Å². The van der Waals surface area contributed by atoms with Gasteiger partial charge < -0.3 is 9.67 Å². The lowest BCUT2D eigenvalue weighted by molar-refractivity contribution is 0.0685. The average Bonchev–Trinajstić information content (AvgIpc) is 2.57. The molecule has 0 radical (unpaired) electrons. The summed E-state index contributed by atoms with van der Waals surface area (Å²) in [7, 11) is 0. The number of aromatic carboxylic acids is 1. The summed E-state index contributed by atoms with van der Waals surface area (Å²) >= 11 is 0. The normalized spacial score (nSPS) is 11.2. The molecular formula is C13H15NO2. The zero-order chi connectivity index (χ0) is 11.7. The van der Waals surface area contributed by atoms with E-state index in [1.165, 1.54) is 0 Å². The molecule has 1 N–H and O–H groups in total. The molecule has 1 aromatic heterocycles. The van der Waals surface area contributed by atoms with E-state index in [9.17, 15) is 4.79 Å². The Balaban J connectivity index is 2.64. The molecule has 1 aromatic carbocycles. The molecular weight excluding hydrogens is 202 g/mol. The topological polar surface area (TPSA) is 42.2 Å². The summed E-state index contributed by atoms with van der Waals surface area (Å²) in [4.78, 5) is 11.2. The van der Waals surface area contributed by atoms with Crippen LogP contribution >= 0.6 is 0 Å². The van der Waals surface area contributed by atoms with Gasteiger partial charge in [0, 0.05) is 17.4 Å². The lowest BCUT2D eigenvalue weighted by Gasteiger charge is -2.10. The minimum Gasteiger partial charge on any atom is -0.477 e. The molecule has 3 heteroatoms. The summed E-state index contributed by atoms with van der Waals surface area (Å²) < 4.78 is 1.88. The quantitative estimate of drug-likeness (QED) is 0.858. The van der Waals surface area contributed by atoms with Gasteiger partial charge in [0.25, 0.3) is 0 Å². The van der Waals surface area contributed by atoms with Crippen molar-refractivity contribution in [3.8, 4) is 0 Å². The molecule has 0 amide bonds. The maximum Gasteiger partial charge on any atom is 0.352 e. The van der Waals surface area contributed by atoms with Gasteiger partial charge in [-0.3, -0.25) is 0 Å². The van der Waals surface area contributed by atoms with E-state index in [2.05, 4.69) is 13.8 Å². The second-order valence-electron chi connectivity index (χ2n) is 4.40. The zero-order valence-corrected chi connectivity index (χ0v) is 9.47. The average molecular weight is 217 g/mol. The lowest BCUT2D eigenvalue weighted by atomic mass is 10.2. The van der Waals surface area contributed by atoms with E-state index in [1.807, 2.05) is 28.8 Å². The van der Waals surface area contributed by atoms with Crippen molar-refractivity contribution < 1.29 is 9.90 Å². The second kappa shape index (κ2) is 4.00. The van der Waals surface area contributed by atoms with Crippen LogP contribution in [0.4, 0.5) is 0 Å². The molecule has 0 bridgehead atoms. The molecule has 0 atom stereocenters. The third kappa shape index (κ3) is 1.81. The molecule has 0 fully saturated rings. The van der Waals surface area contributed by atoms with E-state index in [0.29, 0.717) is 11.6 Å². The molecule has 0 aliphatic carbocycles. The fourth-order valence-electron chi connectivity index (χ4n) is 1.95. The lowest BCUT2D eigenvalue weighted by Crippen LogP contribution is -2.11. The van der Waals surface area contributed by atoms with Crippen molar-refractivity contribution in [1.82, 2.24) is 4.57 Å². The first-order valence-electron chi connectivity index (χ1n) is 5.41. The predicted molar refractivity (Wildman–Crippen MR) is 63.7 cm³/mol. The van der Waals surface area contributed by atoms with Gasteiger partial charge in [0.2, 0.25) is 0 Å². The van der Waals surface area contributed by atoms with Crippen LogP contribution in [0.1, 0.15) is 24.3 Å². The van der Waals surface area contributed by atoms with Crippen molar-refractivity contribution >= 4 is 16.9 Å². The van der Waals surface area contributed by atoms with Crippen molar-refractivity contribution in [2.24, 2.45) is 5.92 Å². The molecule has 0 unspecified atom stereocenters. The first kappa shape index (κ1) is 10.7. The molecule has 0 aliphatic heterocycles. The largest absolute Gasteiger partial charge is 0.477 e. The van der Waals surface area contributed by atoms with Gasteiger partial charge >= 0.3 is 5.97 Å². The summed E-state index contributed by atoms with van der Waals surface area (Å²) in [5.41, 5.74) is 1.36. The predicted octanol–water partition coefficient (Wildman–Crippen LogP) is 3.00. The first-order chi connectivity index (χ1) is 7.59. The van der Waals surface area contributed by atoms with Gasteiger partial charge in [0.15, 0.2) is 0 Å². The molecule has 1 heterocycles. The highest BCUT2D eigenvalue weighted by molar-refractivity contribution is 5.94. The van der Waals surface area contributed by atoms with Crippen molar-refractivity contribution in [3.05, 3.63) is 36.0 Å². The number of carboxylic acids is 1. The van der Waals surface area contributed by atoms with Gasteiger partial charge in [0.05, 0.1) is 0 Å². The number of rotatable bonds is 3. The van der Waals surface area contributed by atoms with E-state index in [4.69, 9.17) is 5.11 Å². The maximum atomic E-state index is 11.2. The Kier molecular flexibility index (Phi) is 2.69. The van der Waals surface area contributed by atoms with Crippen LogP contribution in [0.3, 0.4) is 0 Å². The third-order valence-electron chi connectivity index (χ3n) is 2.58. The maximum absolute atomic E-state index is 11.2. The number of aromatic nitrogens is 1. The molecule has 3 nitrogen and oxygen atoms in total. The summed E-state index contributed by atoms with van der Waals surface area (Å²) in [5, 5.41) is 10.1. The summed E-state index contributed by atoms with van der Waals surface area (Å²) in [5.74, 6) is -0.439. The van der Waals surface area contributed by atoms with Gasteiger partial charge in [-0.05, 0) is 18.1 Å². The van der Waals surface area contributed by atoms with Gasteiger partial charge in [-0.1, -0.05) is 32.0 Å². The van der Waals surface area contributed by atoms with Crippen molar-refractivity contribution in [2.75, 3.05) is 0 Å². The molecule has 0 saturated heterocycles. The van der Waals surface area contributed by atoms with Crippen LogP contribution < -0.4 is 0 Å². The number of hydrogen-bond acceptors (Lipinski definition) is 1. The van der Waals surface area contributed by atoms with E-state index >= 15 is 0 Å². The van der Waals surface area contributed by atoms with E-state index in [0.717, 1.165) is 17.4 Å². The highest BCUT2D eigenvalue weighted by Gasteiger charge is 2.14. The Morgan fingerprint density at radius 1 is 1.38 bits per heavy atom. The van der Waals surface area contributed by atoms with Gasteiger partial charge in [-0.25, -0.2) is 4.79 Å². The van der Waals surface area contributed by atoms with Crippen LogP contribution in [0.2, 0.25) is 0 Å². The number of hydrogen-bond donors (Lipinski definition) is 1. The third-order valence-corrected chi connectivity index (χ3v) is 2.58. The molecule has 2 aromatic rings. The fourth-order valence-corrected chi connectivity index (χ4v) is 1.95. The summed E-state index contributed by atoms with van der Waals surface area (Å²) in [6.07, 6.45) is 0. The number of fused-ring (bicyclic) bond motifs is 1. The van der Waals surface area contributed by atoms with Crippen LogP contribution in [-0.4, -0.2) is 15.6 Å².